The van der Waals surface area contributed by atoms with Gasteiger partial charge in [-0.15, -0.1) is 0 Å². The fraction of sp³-hybridized carbons (Fsp3) is 0.136. The maximum absolute atomic E-state index is 4.83. The number of nitrogens with one attached hydrogen (secondary N) is 1. The average molecular weight is 340 g/mol. The molecule has 0 fully saturated rings. The fourth-order valence-corrected chi connectivity index (χ4v) is 2.96. The highest BCUT2D eigenvalue weighted by Gasteiger charge is 2.16. The van der Waals surface area contributed by atoms with E-state index in [-0.39, 0.29) is 0 Å². The second-order valence-electron chi connectivity index (χ2n) is 6.57. The number of hydrogen-bond donors (Lipinski definition) is 1. The summed E-state index contributed by atoms with van der Waals surface area (Å²) in [7, 11) is 0. The molecule has 128 valence electrons. The standard InChI is InChI=1S/C22H20N4/c1-15(2)16-9-11-17(12-10-16)22-24-20-8-4-3-7-19(20)21(25-26-22)18-6-5-13-23-14-18/h3-15H,1-2H3,(H,24,26). The summed E-state index contributed by atoms with van der Waals surface area (Å²) in [4.78, 5) is 9.05. The zero-order chi connectivity index (χ0) is 17.9. The van der Waals surface area contributed by atoms with Crippen LogP contribution >= 0.6 is 0 Å². The maximum Gasteiger partial charge on any atom is 0.154 e. The van der Waals surface area contributed by atoms with E-state index in [1.165, 1.54) is 5.56 Å². The molecule has 1 aliphatic heterocycles. The summed E-state index contributed by atoms with van der Waals surface area (Å²) in [5.41, 5.74) is 9.15. The van der Waals surface area contributed by atoms with Gasteiger partial charge in [-0.3, -0.25) is 10.4 Å². The molecule has 0 unspecified atom stereocenters. The smallest absolute Gasteiger partial charge is 0.154 e. The van der Waals surface area contributed by atoms with Crippen LogP contribution in [0.2, 0.25) is 0 Å². The Kier molecular flexibility index (Phi) is 4.32. The molecule has 0 atom stereocenters. The van der Waals surface area contributed by atoms with Gasteiger partial charge in [-0.2, -0.15) is 5.10 Å². The fourth-order valence-electron chi connectivity index (χ4n) is 2.96. The predicted molar refractivity (Wildman–Crippen MR) is 106 cm³/mol. The molecule has 4 nitrogen and oxygen atoms in total. The van der Waals surface area contributed by atoms with Crippen LogP contribution in [0, 0.1) is 0 Å². The Hall–Kier alpha value is -3.27. The van der Waals surface area contributed by atoms with Crippen molar-refractivity contribution in [2.45, 2.75) is 19.8 Å². The molecule has 0 spiro atoms. The number of para-hydroxylation sites is 1. The summed E-state index contributed by atoms with van der Waals surface area (Å²) in [6, 6.07) is 20.4. The summed E-state index contributed by atoms with van der Waals surface area (Å²) in [6.45, 7) is 4.38. The minimum absolute atomic E-state index is 0.504. The average Bonchev–Trinajstić information content (AvgIpc) is 2.88. The molecule has 0 amide bonds. The molecular formula is C22H20N4. The molecule has 4 rings (SSSR count). The molecule has 2 heterocycles. The molecule has 0 saturated heterocycles. The third kappa shape index (κ3) is 3.14. The van der Waals surface area contributed by atoms with Gasteiger partial charge >= 0.3 is 0 Å². The van der Waals surface area contributed by atoms with Crippen molar-refractivity contribution in [1.29, 1.82) is 0 Å². The van der Waals surface area contributed by atoms with Gasteiger partial charge in [0.2, 0.25) is 0 Å². The van der Waals surface area contributed by atoms with Gasteiger partial charge in [0.1, 0.15) is 5.71 Å². The molecule has 0 bridgehead atoms. The van der Waals surface area contributed by atoms with Crippen LogP contribution in [0.25, 0.3) is 0 Å². The van der Waals surface area contributed by atoms with Gasteiger partial charge in [0.15, 0.2) is 5.84 Å². The maximum atomic E-state index is 4.83. The predicted octanol–water partition coefficient (Wildman–Crippen LogP) is 4.64. The van der Waals surface area contributed by atoms with Crippen molar-refractivity contribution >= 4 is 17.2 Å². The number of fused-ring (bicyclic) bond motifs is 1. The first kappa shape index (κ1) is 16.2. The van der Waals surface area contributed by atoms with Crippen LogP contribution in [0.3, 0.4) is 0 Å². The van der Waals surface area contributed by atoms with Crippen molar-refractivity contribution in [3.05, 3.63) is 95.3 Å². The van der Waals surface area contributed by atoms with Crippen LogP contribution < -0.4 is 5.43 Å². The molecule has 1 aliphatic rings. The summed E-state index contributed by atoms with van der Waals surface area (Å²) in [5, 5.41) is 4.65. The lowest BCUT2D eigenvalue weighted by Crippen LogP contribution is -2.19. The van der Waals surface area contributed by atoms with Crippen LogP contribution in [0.1, 0.15) is 42.0 Å². The minimum Gasteiger partial charge on any atom is -0.264 e. The van der Waals surface area contributed by atoms with E-state index in [2.05, 4.69) is 53.6 Å². The number of pyridine rings is 1. The van der Waals surface area contributed by atoms with Gasteiger partial charge in [0.05, 0.1) is 5.69 Å². The lowest BCUT2D eigenvalue weighted by Gasteiger charge is -2.08. The Morgan fingerprint density at radius 2 is 1.65 bits per heavy atom. The first-order valence-electron chi connectivity index (χ1n) is 8.75. The van der Waals surface area contributed by atoms with Crippen molar-refractivity contribution in [1.82, 2.24) is 10.4 Å². The van der Waals surface area contributed by atoms with Crippen LogP contribution in [0.5, 0.6) is 0 Å². The van der Waals surface area contributed by atoms with Crippen LogP contribution in [0.15, 0.2) is 83.2 Å². The van der Waals surface area contributed by atoms with Crippen LogP contribution in [-0.4, -0.2) is 16.5 Å². The van der Waals surface area contributed by atoms with Gasteiger partial charge in [-0.25, -0.2) is 4.99 Å². The minimum atomic E-state index is 0.504. The molecule has 0 aliphatic carbocycles. The van der Waals surface area contributed by atoms with Crippen molar-refractivity contribution in [2.75, 3.05) is 0 Å². The number of hydrogen-bond acceptors (Lipinski definition) is 4. The van der Waals surface area contributed by atoms with E-state index in [1.54, 1.807) is 6.20 Å². The van der Waals surface area contributed by atoms with Crippen molar-refractivity contribution in [2.24, 2.45) is 10.1 Å². The third-order valence-corrected chi connectivity index (χ3v) is 4.45. The topological polar surface area (TPSA) is 49.6 Å². The lowest BCUT2D eigenvalue weighted by atomic mass is 10.0. The summed E-state index contributed by atoms with van der Waals surface area (Å²) >= 11 is 0. The van der Waals surface area contributed by atoms with E-state index >= 15 is 0 Å². The number of rotatable bonds is 3. The largest absolute Gasteiger partial charge is 0.264 e. The van der Waals surface area contributed by atoms with Crippen molar-refractivity contribution < 1.29 is 0 Å². The van der Waals surface area contributed by atoms with E-state index in [0.717, 1.165) is 33.9 Å². The molecular weight excluding hydrogens is 320 g/mol. The molecule has 2 aromatic carbocycles. The van der Waals surface area contributed by atoms with Gasteiger partial charge in [0.25, 0.3) is 0 Å². The summed E-state index contributed by atoms with van der Waals surface area (Å²) in [6.07, 6.45) is 3.58. The molecule has 26 heavy (non-hydrogen) atoms. The van der Waals surface area contributed by atoms with E-state index in [1.807, 2.05) is 42.6 Å². The van der Waals surface area contributed by atoms with E-state index in [0.29, 0.717) is 5.92 Å². The molecule has 0 saturated carbocycles. The first-order chi connectivity index (χ1) is 12.7. The number of aromatic nitrogens is 1. The number of nitrogens with zero attached hydrogens (tertiary/aromatic N) is 3. The normalized spacial score (nSPS) is 13.3. The molecule has 4 heteroatoms. The van der Waals surface area contributed by atoms with Crippen LogP contribution in [-0.2, 0) is 0 Å². The van der Waals surface area contributed by atoms with Gasteiger partial charge < -0.3 is 0 Å². The van der Waals surface area contributed by atoms with E-state index in [4.69, 9.17) is 4.99 Å². The highest BCUT2D eigenvalue weighted by molar-refractivity contribution is 6.17. The molecule has 0 radical (unpaired) electrons. The van der Waals surface area contributed by atoms with Crippen LogP contribution in [0.4, 0.5) is 5.69 Å². The molecule has 1 N–H and O–H groups in total. The summed E-state index contributed by atoms with van der Waals surface area (Å²) < 4.78 is 0. The van der Waals surface area contributed by atoms with Gasteiger partial charge in [-0.1, -0.05) is 56.3 Å². The highest BCUT2D eigenvalue weighted by atomic mass is 15.3. The Labute approximate surface area is 153 Å². The van der Waals surface area contributed by atoms with Crippen molar-refractivity contribution in [3.8, 4) is 0 Å². The Bertz CT molecular complexity index is 971. The van der Waals surface area contributed by atoms with Crippen molar-refractivity contribution in [3.63, 3.8) is 0 Å². The molecule has 3 aromatic rings. The third-order valence-electron chi connectivity index (χ3n) is 4.45. The quantitative estimate of drug-likeness (QED) is 0.755. The van der Waals surface area contributed by atoms with E-state index < -0.39 is 0 Å². The number of hydrazone groups is 1. The number of aliphatic imine (C=N–C) groups is 1. The van der Waals surface area contributed by atoms with Gasteiger partial charge in [-0.05, 0) is 29.7 Å². The second-order valence-corrected chi connectivity index (χ2v) is 6.57. The van der Waals surface area contributed by atoms with E-state index in [9.17, 15) is 0 Å². The highest BCUT2D eigenvalue weighted by Crippen LogP contribution is 2.25. The molecule has 1 aromatic heterocycles. The zero-order valence-corrected chi connectivity index (χ0v) is 14.8. The number of amidine groups is 1. The Morgan fingerprint density at radius 1 is 0.846 bits per heavy atom. The monoisotopic (exact) mass is 340 g/mol. The first-order valence-corrected chi connectivity index (χ1v) is 8.75. The Morgan fingerprint density at radius 3 is 2.38 bits per heavy atom. The summed E-state index contributed by atoms with van der Waals surface area (Å²) in [5.74, 6) is 1.25. The number of benzene rings is 2. The lowest BCUT2D eigenvalue weighted by molar-refractivity contribution is 0.866. The second kappa shape index (κ2) is 6.92. The van der Waals surface area contributed by atoms with Gasteiger partial charge in [0, 0.05) is 29.1 Å². The SMILES string of the molecule is CC(C)c1ccc(C2=Nc3ccccc3C(c3cccnc3)=NN2)cc1. The zero-order valence-electron chi connectivity index (χ0n) is 14.8. The Balaban J connectivity index is 1.78.